The van der Waals surface area contributed by atoms with Crippen molar-refractivity contribution in [1.82, 2.24) is 15.2 Å². The van der Waals surface area contributed by atoms with Crippen molar-refractivity contribution < 1.29 is 27.5 Å². The Kier molecular flexibility index (Phi) is 7.04. The van der Waals surface area contributed by atoms with Crippen LogP contribution in [0.25, 0.3) is 0 Å². The molecule has 9 heteroatoms. The van der Waals surface area contributed by atoms with Gasteiger partial charge in [-0.2, -0.15) is 13.2 Å². The number of halogens is 3. The van der Waals surface area contributed by atoms with Gasteiger partial charge >= 0.3 is 6.18 Å². The number of hydrogen-bond donors (Lipinski definition) is 1. The number of aromatic nitrogens is 1. The lowest BCUT2D eigenvalue weighted by Crippen LogP contribution is -2.35. The number of rotatable bonds is 6. The molecule has 1 fully saturated rings. The average molecular weight is 483 g/mol. The number of amides is 2. The Balaban J connectivity index is 1.60. The van der Waals surface area contributed by atoms with Crippen LogP contribution in [0.15, 0.2) is 73.1 Å². The Morgan fingerprint density at radius 3 is 2.60 bits per heavy atom. The first-order valence-electron chi connectivity index (χ1n) is 11.0. The molecule has 182 valence electrons. The minimum atomic E-state index is -4.51. The van der Waals surface area contributed by atoms with Gasteiger partial charge in [0.15, 0.2) is 0 Å². The van der Waals surface area contributed by atoms with Crippen LogP contribution in [0.5, 0.6) is 5.75 Å². The van der Waals surface area contributed by atoms with Crippen molar-refractivity contribution in [2.45, 2.75) is 18.6 Å². The Labute approximate surface area is 200 Å². The summed E-state index contributed by atoms with van der Waals surface area (Å²) >= 11 is 0. The fourth-order valence-corrected chi connectivity index (χ4v) is 4.28. The number of hydrogen-bond acceptors (Lipinski definition) is 4. The number of ether oxygens (including phenoxy) is 1. The van der Waals surface area contributed by atoms with Crippen molar-refractivity contribution >= 4 is 11.8 Å². The SMILES string of the molecule is COc1cccc(C(=O)N2CC(C(=O)NCc3cccnc3)C(c3cccc(C(F)(F)F)c3)C2)c1. The highest BCUT2D eigenvalue weighted by molar-refractivity contribution is 5.95. The normalized spacial score (nSPS) is 17.8. The minimum Gasteiger partial charge on any atom is -0.497 e. The van der Waals surface area contributed by atoms with Gasteiger partial charge in [-0.25, -0.2) is 0 Å². The van der Waals surface area contributed by atoms with Gasteiger partial charge in [-0.3, -0.25) is 14.6 Å². The van der Waals surface area contributed by atoms with Gasteiger partial charge in [-0.15, -0.1) is 0 Å². The number of pyridine rings is 1. The summed E-state index contributed by atoms with van der Waals surface area (Å²) in [6.45, 7) is 0.417. The molecule has 0 spiro atoms. The third-order valence-corrected chi connectivity index (χ3v) is 6.09. The van der Waals surface area contributed by atoms with E-state index in [1.165, 1.54) is 18.1 Å². The summed E-state index contributed by atoms with van der Waals surface area (Å²) in [6.07, 6.45) is -1.27. The Hall–Kier alpha value is -3.88. The van der Waals surface area contributed by atoms with E-state index in [0.29, 0.717) is 16.9 Å². The number of carbonyl (C=O) groups excluding carboxylic acids is 2. The highest BCUT2D eigenvalue weighted by atomic mass is 19.4. The molecular weight excluding hydrogens is 459 g/mol. The molecule has 35 heavy (non-hydrogen) atoms. The highest BCUT2D eigenvalue weighted by Gasteiger charge is 2.41. The quantitative estimate of drug-likeness (QED) is 0.568. The van der Waals surface area contributed by atoms with Gasteiger partial charge in [0.05, 0.1) is 18.6 Å². The van der Waals surface area contributed by atoms with Crippen molar-refractivity contribution in [1.29, 1.82) is 0 Å². The van der Waals surface area contributed by atoms with Gasteiger partial charge in [-0.05, 0) is 41.5 Å². The van der Waals surface area contributed by atoms with E-state index in [4.69, 9.17) is 4.74 Å². The van der Waals surface area contributed by atoms with Crippen LogP contribution >= 0.6 is 0 Å². The molecule has 1 N–H and O–H groups in total. The number of alkyl halides is 3. The third-order valence-electron chi connectivity index (χ3n) is 6.09. The lowest BCUT2D eigenvalue weighted by atomic mass is 9.87. The zero-order valence-corrected chi connectivity index (χ0v) is 19.0. The minimum absolute atomic E-state index is 0.0792. The average Bonchev–Trinajstić information content (AvgIpc) is 3.33. The molecule has 2 aromatic carbocycles. The lowest BCUT2D eigenvalue weighted by Gasteiger charge is -2.19. The molecule has 1 aliphatic rings. The molecule has 1 aliphatic heterocycles. The summed E-state index contributed by atoms with van der Waals surface area (Å²) in [5.74, 6) is -1.46. The van der Waals surface area contributed by atoms with Crippen LogP contribution in [0, 0.1) is 5.92 Å². The molecular formula is C26H24F3N3O3. The Morgan fingerprint density at radius 1 is 1.09 bits per heavy atom. The van der Waals surface area contributed by atoms with Crippen LogP contribution in [0.3, 0.4) is 0 Å². The zero-order chi connectivity index (χ0) is 25.0. The van der Waals surface area contributed by atoms with Crippen LogP contribution in [-0.4, -0.2) is 41.9 Å². The van der Waals surface area contributed by atoms with E-state index in [0.717, 1.165) is 17.7 Å². The molecule has 3 aromatic rings. The fourth-order valence-electron chi connectivity index (χ4n) is 4.28. The van der Waals surface area contributed by atoms with E-state index in [-0.39, 0.29) is 31.4 Å². The van der Waals surface area contributed by atoms with Gasteiger partial charge in [0.1, 0.15) is 5.75 Å². The number of methoxy groups -OCH3 is 1. The lowest BCUT2D eigenvalue weighted by molar-refractivity contribution is -0.137. The van der Waals surface area contributed by atoms with E-state index in [9.17, 15) is 22.8 Å². The molecule has 6 nitrogen and oxygen atoms in total. The van der Waals surface area contributed by atoms with Crippen molar-refractivity contribution in [2.24, 2.45) is 5.92 Å². The molecule has 0 radical (unpaired) electrons. The molecule has 2 atom stereocenters. The number of benzene rings is 2. The Morgan fingerprint density at radius 2 is 1.89 bits per heavy atom. The van der Waals surface area contributed by atoms with E-state index >= 15 is 0 Å². The van der Waals surface area contributed by atoms with E-state index in [2.05, 4.69) is 10.3 Å². The first-order chi connectivity index (χ1) is 16.8. The summed E-state index contributed by atoms with van der Waals surface area (Å²) in [6, 6.07) is 15.1. The molecule has 0 saturated carbocycles. The third kappa shape index (κ3) is 5.62. The van der Waals surface area contributed by atoms with Crippen molar-refractivity contribution in [3.8, 4) is 5.75 Å². The first kappa shape index (κ1) is 24.3. The molecule has 0 aliphatic carbocycles. The standard InChI is InChI=1S/C26H24F3N3O3/c1-35-21-9-3-7-19(12-21)25(34)32-15-22(18-6-2-8-20(11-18)26(27,28)29)23(16-32)24(33)31-14-17-5-4-10-30-13-17/h2-13,22-23H,14-16H2,1H3,(H,31,33). The number of carbonyl (C=O) groups is 2. The molecule has 2 amide bonds. The van der Waals surface area contributed by atoms with Gasteiger partial charge in [-0.1, -0.05) is 30.3 Å². The second-order valence-electron chi connectivity index (χ2n) is 8.36. The first-order valence-corrected chi connectivity index (χ1v) is 11.0. The van der Waals surface area contributed by atoms with Crippen LogP contribution in [0.4, 0.5) is 13.2 Å². The van der Waals surface area contributed by atoms with Crippen LogP contribution in [0.2, 0.25) is 0 Å². The topological polar surface area (TPSA) is 71.5 Å². The molecule has 2 unspecified atom stereocenters. The van der Waals surface area contributed by atoms with E-state index in [1.807, 2.05) is 6.07 Å². The largest absolute Gasteiger partial charge is 0.497 e. The summed E-state index contributed by atoms with van der Waals surface area (Å²) in [4.78, 5) is 31.9. The maximum absolute atomic E-state index is 13.4. The monoisotopic (exact) mass is 483 g/mol. The molecule has 2 heterocycles. The summed E-state index contributed by atoms with van der Waals surface area (Å²) < 4.78 is 45.3. The van der Waals surface area contributed by atoms with Gasteiger partial charge in [0, 0.05) is 43.5 Å². The van der Waals surface area contributed by atoms with Crippen LogP contribution in [-0.2, 0) is 17.5 Å². The maximum atomic E-state index is 13.4. The predicted octanol–water partition coefficient (Wildman–Crippen LogP) is 4.28. The second-order valence-corrected chi connectivity index (χ2v) is 8.36. The Bertz CT molecular complexity index is 1200. The van der Waals surface area contributed by atoms with Gasteiger partial charge < -0.3 is 15.0 Å². The fraction of sp³-hybridized carbons (Fsp3) is 0.269. The number of nitrogens with zero attached hydrogens (tertiary/aromatic N) is 2. The highest BCUT2D eigenvalue weighted by Crippen LogP contribution is 2.37. The van der Waals surface area contributed by atoms with E-state index < -0.39 is 23.6 Å². The van der Waals surface area contributed by atoms with Crippen LogP contribution in [0.1, 0.15) is 33.0 Å². The summed E-state index contributed by atoms with van der Waals surface area (Å²) in [5, 5.41) is 2.84. The maximum Gasteiger partial charge on any atom is 0.416 e. The number of likely N-dealkylation sites (tertiary alicyclic amines) is 1. The van der Waals surface area contributed by atoms with Crippen molar-refractivity contribution in [3.05, 3.63) is 95.3 Å². The zero-order valence-electron chi connectivity index (χ0n) is 19.0. The molecule has 4 rings (SSSR count). The number of nitrogens with one attached hydrogen (secondary N) is 1. The summed E-state index contributed by atoms with van der Waals surface area (Å²) in [7, 11) is 1.49. The molecule has 0 bridgehead atoms. The predicted molar refractivity (Wildman–Crippen MR) is 123 cm³/mol. The van der Waals surface area contributed by atoms with Gasteiger partial charge in [0.2, 0.25) is 5.91 Å². The smallest absolute Gasteiger partial charge is 0.416 e. The van der Waals surface area contributed by atoms with Crippen molar-refractivity contribution in [3.63, 3.8) is 0 Å². The molecule has 1 aromatic heterocycles. The second kappa shape index (κ2) is 10.2. The van der Waals surface area contributed by atoms with Crippen LogP contribution < -0.4 is 10.1 Å². The van der Waals surface area contributed by atoms with Gasteiger partial charge in [0.25, 0.3) is 5.91 Å². The summed E-state index contributed by atoms with van der Waals surface area (Å²) in [5.41, 5.74) is 0.742. The van der Waals surface area contributed by atoms with Crippen molar-refractivity contribution in [2.75, 3.05) is 20.2 Å². The van der Waals surface area contributed by atoms with E-state index in [1.54, 1.807) is 48.8 Å². The molecule has 1 saturated heterocycles.